The van der Waals surface area contributed by atoms with Crippen LogP contribution < -0.4 is 5.63 Å². The van der Waals surface area contributed by atoms with E-state index < -0.39 is 0 Å². The fraction of sp³-hybridized carbons (Fsp3) is 0.0909. The molecule has 0 bridgehead atoms. The fourth-order valence-corrected chi connectivity index (χ4v) is 1.75. The Morgan fingerprint density at radius 1 is 1.33 bits per heavy atom. The van der Waals surface area contributed by atoms with E-state index in [4.69, 9.17) is 4.42 Å². The molecular formula is C11H8N2O2. The molecule has 3 aromatic rings. The Kier molecular flexibility index (Phi) is 1.48. The molecule has 0 unspecified atom stereocenters. The van der Waals surface area contributed by atoms with E-state index >= 15 is 0 Å². The van der Waals surface area contributed by atoms with Crippen molar-refractivity contribution >= 4 is 16.7 Å². The minimum absolute atomic E-state index is 0.344. The molecule has 0 spiro atoms. The SMILES string of the molecule is Cc1ccc2oc(=O)c3cccnc3n12. The third-order valence-corrected chi connectivity index (χ3v) is 2.46. The topological polar surface area (TPSA) is 47.5 Å². The number of rotatable bonds is 0. The highest BCUT2D eigenvalue weighted by molar-refractivity contribution is 5.75. The third-order valence-electron chi connectivity index (χ3n) is 2.46. The largest absolute Gasteiger partial charge is 0.405 e. The number of aryl methyl sites for hydroxylation is 1. The van der Waals surface area contributed by atoms with Crippen molar-refractivity contribution in [3.05, 3.63) is 46.6 Å². The first-order valence-corrected chi connectivity index (χ1v) is 4.63. The van der Waals surface area contributed by atoms with Gasteiger partial charge in [0, 0.05) is 18.0 Å². The first kappa shape index (κ1) is 8.23. The van der Waals surface area contributed by atoms with Gasteiger partial charge in [-0.05, 0) is 25.1 Å². The molecule has 3 aromatic heterocycles. The van der Waals surface area contributed by atoms with Gasteiger partial charge in [-0.3, -0.25) is 4.40 Å². The predicted molar refractivity (Wildman–Crippen MR) is 56.0 cm³/mol. The van der Waals surface area contributed by atoms with Crippen molar-refractivity contribution in [1.29, 1.82) is 0 Å². The standard InChI is InChI=1S/C11H8N2O2/c1-7-4-5-9-13(7)10-8(11(14)15-9)3-2-6-12-10/h2-6H,1H3. The minimum atomic E-state index is -0.344. The van der Waals surface area contributed by atoms with Crippen LogP contribution in [0.1, 0.15) is 5.69 Å². The quantitative estimate of drug-likeness (QED) is 0.555. The third kappa shape index (κ3) is 1.01. The van der Waals surface area contributed by atoms with E-state index in [0.717, 1.165) is 5.69 Å². The molecule has 0 saturated heterocycles. The van der Waals surface area contributed by atoms with Gasteiger partial charge >= 0.3 is 5.63 Å². The smallest absolute Gasteiger partial charge is 0.348 e. The molecule has 0 saturated carbocycles. The summed E-state index contributed by atoms with van der Waals surface area (Å²) in [6.07, 6.45) is 1.67. The molecule has 0 aromatic carbocycles. The lowest BCUT2D eigenvalue weighted by Crippen LogP contribution is -2.05. The summed E-state index contributed by atoms with van der Waals surface area (Å²) in [6.45, 7) is 1.95. The lowest BCUT2D eigenvalue weighted by atomic mass is 10.3. The molecule has 3 heterocycles. The van der Waals surface area contributed by atoms with Gasteiger partial charge in [-0.15, -0.1) is 0 Å². The summed E-state index contributed by atoms with van der Waals surface area (Å²) in [5, 5.41) is 0.504. The molecule has 0 aliphatic rings. The average molecular weight is 200 g/mol. The number of pyridine rings is 1. The maximum atomic E-state index is 11.6. The van der Waals surface area contributed by atoms with E-state index in [9.17, 15) is 4.79 Å². The zero-order chi connectivity index (χ0) is 10.4. The van der Waals surface area contributed by atoms with Gasteiger partial charge in [0.15, 0.2) is 5.65 Å². The van der Waals surface area contributed by atoms with Gasteiger partial charge in [0.05, 0.1) is 0 Å². The fourth-order valence-electron chi connectivity index (χ4n) is 1.75. The highest BCUT2D eigenvalue weighted by atomic mass is 16.4. The summed E-state index contributed by atoms with van der Waals surface area (Å²) in [6, 6.07) is 7.11. The van der Waals surface area contributed by atoms with Crippen molar-refractivity contribution in [1.82, 2.24) is 9.38 Å². The van der Waals surface area contributed by atoms with Crippen LogP contribution in [-0.2, 0) is 0 Å². The molecule has 15 heavy (non-hydrogen) atoms. The van der Waals surface area contributed by atoms with Crippen molar-refractivity contribution in [3.63, 3.8) is 0 Å². The van der Waals surface area contributed by atoms with E-state index in [2.05, 4.69) is 4.98 Å². The van der Waals surface area contributed by atoms with Gasteiger partial charge in [0.2, 0.25) is 5.71 Å². The number of aromatic nitrogens is 2. The van der Waals surface area contributed by atoms with Crippen molar-refractivity contribution in [2.24, 2.45) is 0 Å². The lowest BCUT2D eigenvalue weighted by Gasteiger charge is -2.01. The molecule has 0 fully saturated rings. The van der Waals surface area contributed by atoms with Gasteiger partial charge in [-0.25, -0.2) is 9.78 Å². The summed E-state index contributed by atoms with van der Waals surface area (Å²) in [4.78, 5) is 15.8. The van der Waals surface area contributed by atoms with Crippen LogP contribution in [-0.4, -0.2) is 9.38 Å². The maximum absolute atomic E-state index is 11.6. The minimum Gasteiger partial charge on any atom is -0.405 e. The normalized spacial score (nSPS) is 11.3. The van der Waals surface area contributed by atoms with E-state index in [1.165, 1.54) is 0 Å². The molecule has 0 radical (unpaired) electrons. The molecule has 4 nitrogen and oxygen atoms in total. The maximum Gasteiger partial charge on any atom is 0.348 e. The number of fused-ring (bicyclic) bond motifs is 3. The van der Waals surface area contributed by atoms with Gasteiger partial charge in [-0.1, -0.05) is 0 Å². The summed E-state index contributed by atoms with van der Waals surface area (Å²) in [7, 11) is 0. The highest BCUT2D eigenvalue weighted by Gasteiger charge is 2.08. The Hall–Kier alpha value is -2.10. The molecule has 0 aliphatic carbocycles. The van der Waals surface area contributed by atoms with Crippen LogP contribution in [0, 0.1) is 6.92 Å². The van der Waals surface area contributed by atoms with Gasteiger partial charge in [-0.2, -0.15) is 0 Å². The van der Waals surface area contributed by atoms with E-state index in [-0.39, 0.29) is 5.63 Å². The van der Waals surface area contributed by atoms with E-state index in [1.54, 1.807) is 24.4 Å². The Labute approximate surface area is 84.8 Å². The highest BCUT2D eigenvalue weighted by Crippen LogP contribution is 2.14. The van der Waals surface area contributed by atoms with Crippen LogP contribution >= 0.6 is 0 Å². The number of hydrogen-bond acceptors (Lipinski definition) is 3. The molecule has 0 amide bonds. The predicted octanol–water partition coefficient (Wildman–Crippen LogP) is 1.75. The molecule has 4 heteroatoms. The molecular weight excluding hydrogens is 192 g/mol. The van der Waals surface area contributed by atoms with Crippen LogP contribution in [0.15, 0.2) is 39.7 Å². The Morgan fingerprint density at radius 2 is 2.20 bits per heavy atom. The van der Waals surface area contributed by atoms with Crippen molar-refractivity contribution < 1.29 is 4.42 Å². The van der Waals surface area contributed by atoms with Gasteiger partial charge in [0.25, 0.3) is 0 Å². The van der Waals surface area contributed by atoms with Gasteiger partial charge in [0.1, 0.15) is 5.39 Å². The van der Waals surface area contributed by atoms with Gasteiger partial charge < -0.3 is 4.42 Å². The second-order valence-electron chi connectivity index (χ2n) is 3.41. The summed E-state index contributed by atoms with van der Waals surface area (Å²) in [5.74, 6) is 0. The molecule has 3 rings (SSSR count). The Balaban J connectivity index is 2.74. The Bertz CT molecular complexity index is 709. The Morgan fingerprint density at radius 3 is 3.07 bits per heavy atom. The van der Waals surface area contributed by atoms with Crippen molar-refractivity contribution in [3.8, 4) is 0 Å². The van der Waals surface area contributed by atoms with E-state index in [0.29, 0.717) is 16.7 Å². The zero-order valence-corrected chi connectivity index (χ0v) is 8.10. The second kappa shape index (κ2) is 2.70. The van der Waals surface area contributed by atoms with Crippen LogP contribution in [0.3, 0.4) is 0 Å². The van der Waals surface area contributed by atoms with Crippen LogP contribution in [0.5, 0.6) is 0 Å². The molecule has 0 atom stereocenters. The van der Waals surface area contributed by atoms with Crippen molar-refractivity contribution in [2.75, 3.05) is 0 Å². The zero-order valence-electron chi connectivity index (χ0n) is 8.10. The molecule has 0 aliphatic heterocycles. The number of hydrogen-bond donors (Lipinski definition) is 0. The first-order valence-electron chi connectivity index (χ1n) is 4.63. The second-order valence-corrected chi connectivity index (χ2v) is 3.41. The molecule has 74 valence electrons. The lowest BCUT2D eigenvalue weighted by molar-refractivity contribution is 0.547. The first-order chi connectivity index (χ1) is 7.27. The van der Waals surface area contributed by atoms with Crippen LogP contribution in [0.25, 0.3) is 16.7 Å². The molecule has 0 N–H and O–H groups in total. The summed E-state index contributed by atoms with van der Waals surface area (Å²) in [5.41, 5.74) is 1.83. The summed E-state index contributed by atoms with van der Waals surface area (Å²) < 4.78 is 6.99. The number of nitrogens with zero attached hydrogens (tertiary/aromatic N) is 2. The van der Waals surface area contributed by atoms with Crippen LogP contribution in [0.4, 0.5) is 0 Å². The van der Waals surface area contributed by atoms with E-state index in [1.807, 2.05) is 17.4 Å². The average Bonchev–Trinajstić information content (AvgIpc) is 2.61. The van der Waals surface area contributed by atoms with Crippen LogP contribution in [0.2, 0.25) is 0 Å². The van der Waals surface area contributed by atoms with Crippen molar-refractivity contribution in [2.45, 2.75) is 6.92 Å². The monoisotopic (exact) mass is 200 g/mol. The summed E-state index contributed by atoms with van der Waals surface area (Å²) >= 11 is 0.